The first kappa shape index (κ1) is 110. The summed E-state index contributed by atoms with van der Waals surface area (Å²) in [6.45, 7) is 12.1. The highest BCUT2D eigenvalue weighted by Gasteiger charge is 2.37. The number of halogens is 2. The number of anilines is 1. The summed E-state index contributed by atoms with van der Waals surface area (Å²) in [5, 5.41) is 69.0. The molecule has 8 fully saturated rings. The molecule has 10 aromatic rings. The number of piperidine rings is 1. The lowest BCUT2D eigenvalue weighted by atomic mass is 9.94. The molecule has 1 saturated carbocycles. The summed E-state index contributed by atoms with van der Waals surface area (Å²) in [7, 11) is -3.67. The van der Waals surface area contributed by atoms with Crippen LogP contribution in [0.3, 0.4) is 0 Å². The summed E-state index contributed by atoms with van der Waals surface area (Å²) in [4.78, 5) is 86.0. The number of nitrogens with one attached hydrogen (secondary N) is 9. The largest absolute Gasteiger partial charge is 0.347 e. The fraction of sp³-hybridized carbons (Fsp3) is 0.358. The van der Waals surface area contributed by atoms with Crippen molar-refractivity contribution in [2.45, 2.75) is 156 Å². The maximum absolute atomic E-state index is 13.8. The summed E-state index contributed by atoms with van der Waals surface area (Å²) in [5.41, 5.74) is 11.6. The lowest BCUT2D eigenvalue weighted by molar-refractivity contribution is 0.0912. The third kappa shape index (κ3) is 30.9. The number of carbonyl (C=O) groups is 6. The second-order valence-electron chi connectivity index (χ2n) is 37.0. The van der Waals surface area contributed by atoms with Gasteiger partial charge in [-0.15, -0.1) is 0 Å². The van der Waals surface area contributed by atoms with Crippen LogP contribution in [0.5, 0.6) is 0 Å². The van der Waals surface area contributed by atoms with Crippen molar-refractivity contribution in [1.82, 2.24) is 90.0 Å². The zero-order valence-corrected chi connectivity index (χ0v) is 83.3. The van der Waals surface area contributed by atoms with E-state index in [1.807, 2.05) is 178 Å². The Balaban J connectivity index is 0.000000158. The van der Waals surface area contributed by atoms with E-state index in [1.54, 1.807) is 69.4 Å². The Labute approximate surface area is 858 Å². The van der Waals surface area contributed by atoms with Crippen LogP contribution in [0.25, 0.3) is 33.4 Å². The monoisotopic (exact) mass is 2030 g/mol. The van der Waals surface area contributed by atoms with Crippen molar-refractivity contribution in [3.8, 4) is 89.3 Å². The average Bonchev–Trinajstić information content (AvgIpc) is 1.67. The minimum atomic E-state index is -3.75. The Morgan fingerprint density at radius 1 is 0.381 bits per heavy atom. The van der Waals surface area contributed by atoms with E-state index in [4.69, 9.17) is 39.2 Å². The molecule has 2 aromatic heterocycles. The van der Waals surface area contributed by atoms with Crippen molar-refractivity contribution >= 4 is 61.4 Å². The first-order valence-corrected chi connectivity index (χ1v) is 51.3. The van der Waals surface area contributed by atoms with Crippen molar-refractivity contribution in [1.29, 1.82) is 26.3 Å². The molecule has 8 aromatic carbocycles. The highest BCUT2D eigenvalue weighted by atomic mass is 32.2. The van der Waals surface area contributed by atoms with Gasteiger partial charge in [-0.1, -0.05) is 154 Å². The summed E-state index contributed by atoms with van der Waals surface area (Å²) in [5.74, 6) is -2.34. The normalized spacial score (nSPS) is 19.1. The van der Waals surface area contributed by atoms with Gasteiger partial charge in [0.05, 0.1) is 22.0 Å². The molecule has 18 rings (SSSR count). The van der Waals surface area contributed by atoms with Gasteiger partial charge >= 0.3 is 6.03 Å². The lowest BCUT2D eigenvalue weighted by Gasteiger charge is -2.29. The average molecular weight is 2030 g/mol. The van der Waals surface area contributed by atoms with Crippen LogP contribution < -0.4 is 46.7 Å². The molecule has 6 unspecified atom stereocenters. The standard InChI is InChI=1S/C23H24F2N6O.C19H19N3O.C18H21N5O3S.C18H17N3O.C17H22N4O3S.C13H15N3O.CH4/c1-5-31-12-18(15-6-7-19(24)20(25)8-15)21(13-31)27-23(32)28-22-14(2)17(11-29(22)3)16-9-26-30(4)10-16;20-14-22-12-4-7-18(13-22)21-19(23)17-10-8-16(9-11-17)15-5-2-1-3-6-15;1-2-22-8-7-16(12-22)21-27(25,26)17-5-3-4-14(10-17)18(24)20-15-6-9-23(11-15)13-19;19-13-21-11-10-17(12-21)20-18(22)16-8-6-15(7-9-16)14-4-2-1-3-5-14;18-12-21-9-8-15(11-21)19-17(22)13-4-3-7-16(10-13)25(23,24)20-14-5-1-2-6-14;1-10-2-4-11(5-3-10)13(17)15-12-6-7-16(8-12)9-14;/h1,6-11,18,21H,12-13H2,2-4H3,(H2,27,28,32);1-3,5-6,8-11,18H,4,7,12-13H2,(H,21,23);1,3-5,10,15-16,21H,6-9,11-12H2,(H,20,24);1-9,17H,10-12H2,(H,20,22);3-4,7,10,14-15,20H,1-2,5-6,8-9,11H2,(H,19,22);2-5,12H,6-8H2,1H3,(H,15,17);1H4/t18?,21-;;15?,16-;;;;/m1.1..../s1. The molecule has 0 spiro atoms. The van der Waals surface area contributed by atoms with Crippen LogP contribution in [-0.4, -0.2) is 241 Å². The van der Waals surface area contributed by atoms with E-state index in [1.165, 1.54) is 30.3 Å². The number of aromatic nitrogens is 3. The van der Waals surface area contributed by atoms with Gasteiger partial charge in [-0.05, 0) is 190 Å². The van der Waals surface area contributed by atoms with Crippen LogP contribution in [0.1, 0.15) is 152 Å². The van der Waals surface area contributed by atoms with Crippen LogP contribution >= 0.6 is 0 Å². The molecule has 8 atom stereocenters. The third-order valence-electron chi connectivity index (χ3n) is 26.4. The number of likely N-dealkylation sites (tertiary alicyclic amines) is 7. The topological polar surface area (TPSA) is 443 Å². The molecule has 7 amide bonds. The van der Waals surface area contributed by atoms with Crippen LogP contribution in [0, 0.1) is 108 Å². The van der Waals surface area contributed by atoms with Gasteiger partial charge in [-0.3, -0.25) is 34.0 Å². The highest BCUT2D eigenvalue weighted by Crippen LogP contribution is 2.34. The van der Waals surface area contributed by atoms with Gasteiger partial charge in [0.1, 0.15) is 5.82 Å². The first-order valence-electron chi connectivity index (χ1n) is 48.4. The Bertz CT molecular complexity index is 6810. The Morgan fingerprint density at radius 3 is 1.18 bits per heavy atom. The SMILES string of the molecule is C.C#CN1CC(c2ccc(F)c(F)c2)[C@H](NC(=O)Nc2c(C)c(-c3cnn(C)c3)cn2C)C1.C#CN1CC[C@@H](NS(=O)(=O)c2cccc(C(=O)NC3CCN(C#N)C3)c2)C1.Cc1ccc(C(=O)NC2CCN(C#N)C2)cc1.N#CN1CCC(NC(=O)c2ccc(-c3ccccc3)cc2)C1.N#CN1CCC(NC(=O)c2cccc(S(=O)(=O)NC3CCCC3)c2)C1.N#CN1CCCC(NC(=O)c2ccc(-c3ccccc3)cc2)C1. The smallest absolute Gasteiger partial charge is 0.320 e. The van der Waals surface area contributed by atoms with Crippen LogP contribution in [0.4, 0.5) is 19.4 Å². The molecule has 0 bridgehead atoms. The molecule has 8 aliphatic rings. The van der Waals surface area contributed by atoms with Crippen LogP contribution in [-0.2, 0) is 34.1 Å². The maximum atomic E-state index is 13.8. The number of benzene rings is 8. The number of hydrogen-bond donors (Lipinski definition) is 9. The number of amides is 7. The first-order chi connectivity index (χ1) is 70.3. The molecule has 0 radical (unpaired) electrons. The van der Waals surface area contributed by atoms with E-state index < -0.39 is 37.7 Å². The Kier molecular flexibility index (Phi) is 39.0. The fourth-order valence-corrected chi connectivity index (χ4v) is 21.1. The molecular weight excluding hydrogens is 1910 g/mol. The number of rotatable bonds is 22. The number of hydrogen-bond acceptors (Lipinski definition) is 23. The molecule has 38 heteroatoms. The number of aryl methyl sites for hydroxylation is 3. The van der Waals surface area contributed by atoms with E-state index >= 15 is 0 Å². The van der Waals surface area contributed by atoms with E-state index in [0.29, 0.717) is 131 Å². The van der Waals surface area contributed by atoms with Gasteiger partial charge in [0.15, 0.2) is 42.6 Å². The predicted octanol–water partition coefficient (Wildman–Crippen LogP) is 11.9. The molecule has 9 N–H and O–H groups in total. The fourth-order valence-electron chi connectivity index (χ4n) is 18.4. The predicted molar refractivity (Wildman–Crippen MR) is 554 cm³/mol. The van der Waals surface area contributed by atoms with E-state index in [9.17, 15) is 54.4 Å². The molecule has 9 heterocycles. The summed E-state index contributed by atoms with van der Waals surface area (Å²) in [6.07, 6.45) is 36.3. The highest BCUT2D eigenvalue weighted by molar-refractivity contribution is 7.89. The molecule has 764 valence electrons. The molecule has 1 aliphatic carbocycles. The van der Waals surface area contributed by atoms with Gasteiger partial charge in [0.25, 0.3) is 29.5 Å². The van der Waals surface area contributed by atoms with Gasteiger partial charge in [-0.2, -0.15) is 31.4 Å². The van der Waals surface area contributed by atoms with Gasteiger partial charge in [-0.25, -0.2) is 39.9 Å². The number of terminal acetylenes is 2. The van der Waals surface area contributed by atoms with Gasteiger partial charge in [0, 0.05) is 217 Å². The molecule has 7 aliphatic heterocycles. The van der Waals surface area contributed by atoms with E-state index in [-0.39, 0.29) is 107 Å². The number of carbonyl (C=O) groups excluding carboxylic acids is 6. The third-order valence-corrected chi connectivity index (χ3v) is 29.5. The van der Waals surface area contributed by atoms with Crippen molar-refractivity contribution in [3.05, 3.63) is 275 Å². The number of nitriles is 5. The molecule has 7 saturated heterocycles. The van der Waals surface area contributed by atoms with Crippen molar-refractivity contribution < 1.29 is 54.4 Å². The van der Waals surface area contributed by atoms with E-state index in [2.05, 4.69) is 94.8 Å². The van der Waals surface area contributed by atoms with E-state index in [0.717, 1.165) is 121 Å². The summed E-state index contributed by atoms with van der Waals surface area (Å²) >= 11 is 0. The number of nitrogens with zero attached hydrogens (tertiary/aromatic N) is 15. The van der Waals surface area contributed by atoms with Crippen molar-refractivity contribution in [2.24, 2.45) is 14.1 Å². The Hall–Kier alpha value is -16.3. The van der Waals surface area contributed by atoms with Crippen LogP contribution in [0.2, 0.25) is 0 Å². The summed E-state index contributed by atoms with van der Waals surface area (Å²) < 4.78 is 86.4. The Morgan fingerprint density at radius 2 is 0.769 bits per heavy atom. The summed E-state index contributed by atoms with van der Waals surface area (Å²) in [6, 6.07) is 62.7. The second kappa shape index (κ2) is 52.3. The molecule has 34 nitrogen and oxygen atoms in total. The zero-order chi connectivity index (χ0) is 104. The van der Waals surface area contributed by atoms with Crippen molar-refractivity contribution in [2.75, 3.05) is 96.9 Å². The van der Waals surface area contributed by atoms with Crippen LogP contribution in [0.15, 0.2) is 229 Å². The van der Waals surface area contributed by atoms with Crippen molar-refractivity contribution in [3.63, 3.8) is 0 Å². The van der Waals surface area contributed by atoms with Gasteiger partial charge < -0.3 is 70.8 Å². The quantitative estimate of drug-likeness (QED) is 0.0225. The lowest BCUT2D eigenvalue weighted by Crippen LogP contribution is -2.46. The number of urea groups is 1. The maximum Gasteiger partial charge on any atom is 0.320 e. The molecule has 147 heavy (non-hydrogen) atoms. The zero-order valence-electron chi connectivity index (χ0n) is 81.7. The second-order valence-corrected chi connectivity index (χ2v) is 40.4. The van der Waals surface area contributed by atoms with Gasteiger partial charge in [0.2, 0.25) is 20.0 Å². The molecular formula is C109H122F2N24O10S2. The minimum absolute atomic E-state index is 0. The number of sulfonamides is 2. The minimum Gasteiger partial charge on any atom is -0.347 e.